The Hall–Kier alpha value is -2.58. The minimum absolute atomic E-state index is 0.132. The molecule has 1 aliphatic heterocycles. The Morgan fingerprint density at radius 2 is 1.83 bits per heavy atom. The molecule has 2 aromatic carbocycles. The maximum Gasteiger partial charge on any atom is 0.293 e. The van der Waals surface area contributed by atoms with Gasteiger partial charge in [0.2, 0.25) is 0 Å². The summed E-state index contributed by atoms with van der Waals surface area (Å²) in [6.45, 7) is 0. The van der Waals surface area contributed by atoms with Crippen molar-refractivity contribution in [2.24, 2.45) is 0 Å². The van der Waals surface area contributed by atoms with Crippen LogP contribution in [0.2, 0.25) is 0 Å². The van der Waals surface area contributed by atoms with Crippen molar-refractivity contribution in [1.82, 2.24) is 0 Å². The Labute approximate surface area is 145 Å². The number of rotatable bonds is 3. The van der Waals surface area contributed by atoms with Gasteiger partial charge in [-0.3, -0.25) is 19.8 Å². The molecule has 0 unspecified atom stereocenters. The summed E-state index contributed by atoms with van der Waals surface area (Å²) >= 11 is 6.25. The number of carbonyl (C=O) groups is 1. The number of anilines is 1. The predicted molar refractivity (Wildman–Crippen MR) is 95.1 cm³/mol. The lowest BCUT2D eigenvalue weighted by Gasteiger charge is -2.14. The zero-order valence-corrected chi connectivity index (χ0v) is 13.6. The van der Waals surface area contributed by atoms with Gasteiger partial charge in [-0.1, -0.05) is 48.2 Å². The third-order valence-corrected chi connectivity index (χ3v) is 4.58. The fourth-order valence-electron chi connectivity index (χ4n) is 2.19. The quantitative estimate of drug-likeness (QED) is 0.356. The second kappa shape index (κ2) is 6.50. The third-order valence-electron chi connectivity index (χ3n) is 3.28. The molecule has 5 nitrogen and oxygen atoms in total. The van der Waals surface area contributed by atoms with E-state index in [0.29, 0.717) is 10.5 Å². The molecule has 0 aliphatic carbocycles. The highest BCUT2D eigenvalue weighted by atomic mass is 32.2. The van der Waals surface area contributed by atoms with Crippen LogP contribution in [0.1, 0.15) is 5.56 Å². The van der Waals surface area contributed by atoms with E-state index in [1.807, 2.05) is 0 Å². The van der Waals surface area contributed by atoms with E-state index in [1.165, 1.54) is 42.5 Å². The lowest BCUT2D eigenvalue weighted by molar-refractivity contribution is -0.384. The van der Waals surface area contributed by atoms with Gasteiger partial charge >= 0.3 is 0 Å². The van der Waals surface area contributed by atoms with Crippen LogP contribution in [0.3, 0.4) is 0 Å². The van der Waals surface area contributed by atoms with Crippen molar-refractivity contribution in [2.45, 2.75) is 0 Å². The second-order valence-corrected chi connectivity index (χ2v) is 6.49. The number of hydrogen-bond donors (Lipinski definition) is 0. The number of amides is 1. The second-order valence-electron chi connectivity index (χ2n) is 4.81. The molecule has 0 aromatic heterocycles. The van der Waals surface area contributed by atoms with Gasteiger partial charge in [-0.2, -0.15) is 0 Å². The molecule has 0 radical (unpaired) electrons. The summed E-state index contributed by atoms with van der Waals surface area (Å²) in [6, 6.07) is 11.6. The fourth-order valence-corrected chi connectivity index (χ4v) is 3.48. The summed E-state index contributed by atoms with van der Waals surface area (Å²) in [7, 11) is 0. The van der Waals surface area contributed by atoms with Crippen molar-refractivity contribution in [2.75, 3.05) is 4.90 Å². The molecule has 120 valence electrons. The predicted octanol–water partition coefficient (Wildman–Crippen LogP) is 4.14. The van der Waals surface area contributed by atoms with Crippen LogP contribution in [-0.4, -0.2) is 15.2 Å². The molecule has 0 saturated carbocycles. The van der Waals surface area contributed by atoms with Crippen molar-refractivity contribution < 1.29 is 14.1 Å². The SMILES string of the molecule is O=C1/C(=C/c2ccc(F)cc2)SC(=S)N1c1ccccc1[N+](=O)[O-]. The first-order chi connectivity index (χ1) is 11.5. The molecule has 0 bridgehead atoms. The maximum atomic E-state index is 13.0. The van der Waals surface area contributed by atoms with Crippen molar-refractivity contribution in [3.05, 3.63) is 74.9 Å². The van der Waals surface area contributed by atoms with E-state index in [-0.39, 0.29) is 21.5 Å². The average molecular weight is 360 g/mol. The first kappa shape index (κ1) is 16.3. The Morgan fingerprint density at radius 1 is 1.17 bits per heavy atom. The van der Waals surface area contributed by atoms with Gasteiger partial charge in [0, 0.05) is 6.07 Å². The zero-order chi connectivity index (χ0) is 17.3. The van der Waals surface area contributed by atoms with Crippen LogP contribution in [0.15, 0.2) is 53.4 Å². The summed E-state index contributed by atoms with van der Waals surface area (Å²) in [6.07, 6.45) is 1.58. The Balaban J connectivity index is 1.98. The lowest BCUT2D eigenvalue weighted by atomic mass is 10.2. The van der Waals surface area contributed by atoms with E-state index in [2.05, 4.69) is 0 Å². The molecule has 0 spiro atoms. The van der Waals surface area contributed by atoms with Gasteiger partial charge in [0.25, 0.3) is 11.6 Å². The first-order valence-electron chi connectivity index (χ1n) is 6.74. The van der Waals surface area contributed by atoms with E-state index in [9.17, 15) is 19.3 Å². The number of halogens is 1. The maximum absolute atomic E-state index is 13.0. The van der Waals surface area contributed by atoms with Crippen LogP contribution >= 0.6 is 24.0 Å². The molecule has 2 aromatic rings. The van der Waals surface area contributed by atoms with Crippen LogP contribution in [-0.2, 0) is 4.79 Å². The third kappa shape index (κ3) is 3.06. The Morgan fingerprint density at radius 3 is 2.50 bits per heavy atom. The van der Waals surface area contributed by atoms with Crippen LogP contribution in [0.5, 0.6) is 0 Å². The van der Waals surface area contributed by atoms with E-state index < -0.39 is 10.8 Å². The number of hydrogen-bond acceptors (Lipinski definition) is 5. The molecule has 1 fully saturated rings. The molecule has 3 rings (SSSR count). The molecule has 1 heterocycles. The number of nitrogens with zero attached hydrogens (tertiary/aromatic N) is 2. The number of nitro benzene ring substituents is 1. The van der Waals surface area contributed by atoms with Gasteiger partial charge in [-0.05, 0) is 29.8 Å². The van der Waals surface area contributed by atoms with Crippen molar-refractivity contribution in [1.29, 1.82) is 0 Å². The fraction of sp³-hybridized carbons (Fsp3) is 0. The number of benzene rings is 2. The van der Waals surface area contributed by atoms with Crippen molar-refractivity contribution >= 4 is 51.7 Å². The van der Waals surface area contributed by atoms with Crippen LogP contribution < -0.4 is 4.90 Å². The standard InChI is InChI=1S/C16H9FN2O3S2/c17-11-7-5-10(6-8-11)9-14-15(20)18(16(23)24-14)12-3-1-2-4-13(12)19(21)22/h1-9H/b14-9-. The number of thiocarbonyl (C=S) groups is 1. The lowest BCUT2D eigenvalue weighted by Crippen LogP contribution is -2.28. The molecule has 24 heavy (non-hydrogen) atoms. The van der Waals surface area contributed by atoms with E-state index in [1.54, 1.807) is 12.1 Å². The summed E-state index contributed by atoms with van der Waals surface area (Å²) in [5.41, 5.74) is 0.573. The average Bonchev–Trinajstić information content (AvgIpc) is 2.83. The molecule has 1 amide bonds. The first-order valence-corrected chi connectivity index (χ1v) is 7.97. The number of nitro groups is 1. The summed E-state index contributed by atoms with van der Waals surface area (Å²) < 4.78 is 13.2. The van der Waals surface area contributed by atoms with Crippen molar-refractivity contribution in [3.63, 3.8) is 0 Å². The molecular formula is C16H9FN2O3S2. The number of thioether (sulfide) groups is 1. The number of carbonyl (C=O) groups excluding carboxylic acids is 1. The van der Waals surface area contributed by atoms with Crippen LogP contribution in [0.25, 0.3) is 6.08 Å². The minimum Gasteiger partial charge on any atom is -0.268 e. The van der Waals surface area contributed by atoms with E-state index in [4.69, 9.17) is 12.2 Å². The van der Waals surface area contributed by atoms with Gasteiger partial charge < -0.3 is 0 Å². The van der Waals surface area contributed by atoms with E-state index in [0.717, 1.165) is 16.7 Å². The van der Waals surface area contributed by atoms with Crippen molar-refractivity contribution in [3.8, 4) is 0 Å². The smallest absolute Gasteiger partial charge is 0.268 e. The number of para-hydroxylation sites is 2. The minimum atomic E-state index is -0.558. The normalized spacial score (nSPS) is 16.0. The Kier molecular flexibility index (Phi) is 4.41. The molecule has 8 heteroatoms. The molecule has 1 saturated heterocycles. The van der Waals surface area contributed by atoms with E-state index >= 15 is 0 Å². The molecule has 0 N–H and O–H groups in total. The zero-order valence-electron chi connectivity index (χ0n) is 12.0. The monoisotopic (exact) mass is 360 g/mol. The van der Waals surface area contributed by atoms with Gasteiger partial charge in [0.1, 0.15) is 11.5 Å². The summed E-state index contributed by atoms with van der Waals surface area (Å²) in [5.74, 6) is -0.816. The van der Waals surface area contributed by atoms with Gasteiger partial charge in [-0.25, -0.2) is 4.39 Å². The summed E-state index contributed by atoms with van der Waals surface area (Å²) in [4.78, 5) is 24.7. The highest BCUT2D eigenvalue weighted by Crippen LogP contribution is 2.39. The topological polar surface area (TPSA) is 63.5 Å². The van der Waals surface area contributed by atoms with Gasteiger partial charge in [0.05, 0.1) is 9.83 Å². The molecule has 1 aliphatic rings. The summed E-state index contributed by atoms with van der Waals surface area (Å²) in [5, 5.41) is 11.2. The largest absolute Gasteiger partial charge is 0.293 e. The van der Waals surface area contributed by atoms with Gasteiger partial charge in [0.15, 0.2) is 4.32 Å². The van der Waals surface area contributed by atoms with Gasteiger partial charge in [-0.15, -0.1) is 0 Å². The molecule has 0 atom stereocenters. The highest BCUT2D eigenvalue weighted by molar-refractivity contribution is 8.27. The van der Waals surface area contributed by atoms with Crippen LogP contribution in [0, 0.1) is 15.9 Å². The Bertz CT molecular complexity index is 881. The highest BCUT2D eigenvalue weighted by Gasteiger charge is 2.36. The van der Waals surface area contributed by atoms with Crippen LogP contribution in [0.4, 0.5) is 15.8 Å². The molecular weight excluding hydrogens is 351 g/mol.